The summed E-state index contributed by atoms with van der Waals surface area (Å²) in [6, 6.07) is 7.97. The van der Waals surface area contributed by atoms with Crippen LogP contribution in [0.5, 0.6) is 0 Å². The van der Waals surface area contributed by atoms with Crippen molar-refractivity contribution in [1.29, 1.82) is 5.26 Å². The highest BCUT2D eigenvalue weighted by Gasteiger charge is 2.07. The van der Waals surface area contributed by atoms with E-state index in [1.54, 1.807) is 12.1 Å². The molecule has 0 aliphatic carbocycles. The van der Waals surface area contributed by atoms with Gasteiger partial charge in [-0.15, -0.1) is 0 Å². The molecule has 0 atom stereocenters. The summed E-state index contributed by atoms with van der Waals surface area (Å²) in [4.78, 5) is 22.2. The average molecular weight is 347 g/mol. The van der Waals surface area contributed by atoms with Gasteiger partial charge < -0.3 is 15.7 Å². The molecule has 0 aliphatic heterocycles. The second-order valence-corrected chi connectivity index (χ2v) is 5.46. The number of carboxylic acids is 1. The number of carbonyl (C=O) groups is 2. The van der Waals surface area contributed by atoms with Gasteiger partial charge in [-0.2, -0.15) is 5.26 Å². The van der Waals surface area contributed by atoms with E-state index in [0.717, 1.165) is 5.56 Å². The molecule has 0 aliphatic rings. The van der Waals surface area contributed by atoms with Crippen molar-refractivity contribution in [3.8, 4) is 6.07 Å². The number of halogens is 1. The van der Waals surface area contributed by atoms with E-state index < -0.39 is 11.9 Å². The molecule has 25 heavy (non-hydrogen) atoms. The summed E-state index contributed by atoms with van der Waals surface area (Å²) in [6.45, 7) is 0.909. The molecular formula is C18H22FN3O3. The van der Waals surface area contributed by atoms with Crippen molar-refractivity contribution in [2.75, 3.05) is 13.1 Å². The molecule has 7 heteroatoms. The monoisotopic (exact) mass is 347 g/mol. The first-order valence-corrected chi connectivity index (χ1v) is 8.11. The highest BCUT2D eigenvalue weighted by atomic mass is 19.1. The molecule has 1 amide bonds. The van der Waals surface area contributed by atoms with E-state index in [-0.39, 0.29) is 17.8 Å². The van der Waals surface area contributed by atoms with Gasteiger partial charge in [0.15, 0.2) is 0 Å². The van der Waals surface area contributed by atoms with Crippen LogP contribution in [0.3, 0.4) is 0 Å². The molecule has 0 radical (unpaired) electrons. The molecule has 1 aromatic carbocycles. The van der Waals surface area contributed by atoms with Gasteiger partial charge in [0.05, 0.1) is 0 Å². The number of rotatable bonds is 11. The second kappa shape index (κ2) is 11.6. The van der Waals surface area contributed by atoms with Gasteiger partial charge in [0.25, 0.3) is 5.91 Å². The number of aliphatic carboxylic acids is 1. The summed E-state index contributed by atoms with van der Waals surface area (Å²) in [7, 11) is 0. The number of nitrogens with one attached hydrogen (secondary N) is 2. The Labute approximate surface area is 146 Å². The van der Waals surface area contributed by atoms with Gasteiger partial charge in [0.1, 0.15) is 17.5 Å². The zero-order valence-electron chi connectivity index (χ0n) is 13.9. The van der Waals surface area contributed by atoms with E-state index in [4.69, 9.17) is 10.4 Å². The molecule has 0 saturated carbocycles. The van der Waals surface area contributed by atoms with Crippen molar-refractivity contribution in [3.05, 3.63) is 47.4 Å². The third-order valence-electron chi connectivity index (χ3n) is 3.44. The van der Waals surface area contributed by atoms with Crippen LogP contribution in [0.15, 0.2) is 36.0 Å². The Bertz CT molecular complexity index is 636. The molecule has 6 nitrogen and oxygen atoms in total. The highest BCUT2D eigenvalue weighted by Crippen LogP contribution is 2.03. The maximum Gasteiger partial charge on any atom is 0.303 e. The van der Waals surface area contributed by atoms with Gasteiger partial charge in [-0.05, 0) is 37.0 Å². The molecule has 0 saturated heterocycles. The predicted octanol–water partition coefficient (Wildman–Crippen LogP) is 2.13. The number of hydrogen-bond acceptors (Lipinski definition) is 4. The molecule has 0 aromatic heterocycles. The lowest BCUT2D eigenvalue weighted by Gasteiger charge is -2.05. The molecule has 0 bridgehead atoms. The third kappa shape index (κ3) is 9.11. The Morgan fingerprint density at radius 3 is 2.52 bits per heavy atom. The fourth-order valence-electron chi connectivity index (χ4n) is 2.07. The molecule has 3 N–H and O–H groups in total. The average Bonchev–Trinajstić information content (AvgIpc) is 2.59. The maximum absolute atomic E-state index is 12.8. The van der Waals surface area contributed by atoms with Gasteiger partial charge >= 0.3 is 5.97 Å². The first-order chi connectivity index (χ1) is 12.0. The summed E-state index contributed by atoms with van der Waals surface area (Å²) in [6.07, 6.45) is 4.06. The standard InChI is InChI=1S/C18H22FN3O3/c19-16-7-5-14(6-8-16)9-11-21-13-15(12-20)18(25)22-10-3-1-2-4-17(23)24/h5-8,13,21H,1-4,9-11H2,(H,22,25)(H,23,24)/b15-13-. The number of carboxylic acid groups (broad SMARTS) is 1. The lowest BCUT2D eigenvalue weighted by molar-refractivity contribution is -0.137. The van der Waals surface area contributed by atoms with Crippen molar-refractivity contribution >= 4 is 11.9 Å². The first-order valence-electron chi connectivity index (χ1n) is 8.11. The minimum atomic E-state index is -0.828. The molecule has 1 rings (SSSR count). The molecule has 134 valence electrons. The number of amides is 1. The van der Waals surface area contributed by atoms with Crippen LogP contribution >= 0.6 is 0 Å². The lowest BCUT2D eigenvalue weighted by Crippen LogP contribution is -2.27. The van der Waals surface area contributed by atoms with Crippen molar-refractivity contribution < 1.29 is 19.1 Å². The number of carbonyl (C=O) groups excluding carboxylic acids is 1. The summed E-state index contributed by atoms with van der Waals surface area (Å²) >= 11 is 0. The van der Waals surface area contributed by atoms with Crippen molar-refractivity contribution in [2.24, 2.45) is 0 Å². The summed E-state index contributed by atoms with van der Waals surface area (Å²) in [5.41, 5.74) is 0.927. The normalized spacial score (nSPS) is 10.8. The first kappa shape index (κ1) is 20.2. The fraction of sp³-hybridized carbons (Fsp3) is 0.389. The fourth-order valence-corrected chi connectivity index (χ4v) is 2.07. The van der Waals surface area contributed by atoms with Crippen LogP contribution in [0.4, 0.5) is 4.39 Å². The molecule has 1 aromatic rings. The van der Waals surface area contributed by atoms with Crippen LogP contribution in [0.1, 0.15) is 31.2 Å². The summed E-state index contributed by atoms with van der Waals surface area (Å²) in [5.74, 6) is -1.58. The molecule has 0 spiro atoms. The van der Waals surface area contributed by atoms with Crippen molar-refractivity contribution in [1.82, 2.24) is 10.6 Å². The number of unbranched alkanes of at least 4 members (excludes halogenated alkanes) is 2. The Hall–Kier alpha value is -2.88. The van der Waals surface area contributed by atoms with Crippen molar-refractivity contribution in [2.45, 2.75) is 32.1 Å². The SMILES string of the molecule is N#C/C(=C/NCCc1ccc(F)cc1)C(=O)NCCCCCC(=O)O. The zero-order valence-corrected chi connectivity index (χ0v) is 13.9. The van der Waals surface area contributed by atoms with E-state index in [0.29, 0.717) is 38.8 Å². The Balaban J connectivity index is 2.25. The number of hydrogen-bond donors (Lipinski definition) is 3. The molecular weight excluding hydrogens is 325 g/mol. The Morgan fingerprint density at radius 2 is 1.88 bits per heavy atom. The maximum atomic E-state index is 12.8. The van der Waals surface area contributed by atoms with Crippen LogP contribution in [0, 0.1) is 17.1 Å². The van der Waals surface area contributed by atoms with Gasteiger partial charge in [-0.25, -0.2) is 4.39 Å². The van der Waals surface area contributed by atoms with Crippen molar-refractivity contribution in [3.63, 3.8) is 0 Å². The zero-order chi connectivity index (χ0) is 18.5. The van der Waals surface area contributed by atoms with E-state index >= 15 is 0 Å². The summed E-state index contributed by atoms with van der Waals surface area (Å²) in [5, 5.41) is 23.1. The number of nitriles is 1. The van der Waals surface area contributed by atoms with Crippen LogP contribution in [-0.4, -0.2) is 30.1 Å². The second-order valence-electron chi connectivity index (χ2n) is 5.46. The van der Waals surface area contributed by atoms with Gasteiger partial charge in [-0.3, -0.25) is 9.59 Å². The largest absolute Gasteiger partial charge is 0.481 e. The van der Waals surface area contributed by atoms with E-state index in [2.05, 4.69) is 10.6 Å². The van der Waals surface area contributed by atoms with Crippen LogP contribution in [0.25, 0.3) is 0 Å². The van der Waals surface area contributed by atoms with Gasteiger partial charge in [-0.1, -0.05) is 18.6 Å². The Kier molecular flexibility index (Phi) is 9.38. The molecule has 0 fully saturated rings. The number of nitrogens with zero attached hydrogens (tertiary/aromatic N) is 1. The third-order valence-corrected chi connectivity index (χ3v) is 3.44. The molecule has 0 unspecified atom stereocenters. The van der Waals surface area contributed by atoms with Crippen LogP contribution in [0.2, 0.25) is 0 Å². The highest BCUT2D eigenvalue weighted by molar-refractivity contribution is 5.97. The van der Waals surface area contributed by atoms with Crippen LogP contribution < -0.4 is 10.6 Å². The minimum absolute atomic E-state index is 0.0235. The van der Waals surface area contributed by atoms with E-state index in [9.17, 15) is 14.0 Å². The smallest absolute Gasteiger partial charge is 0.303 e. The lowest BCUT2D eigenvalue weighted by atomic mass is 10.1. The van der Waals surface area contributed by atoms with Crippen LogP contribution in [-0.2, 0) is 16.0 Å². The Morgan fingerprint density at radius 1 is 1.16 bits per heavy atom. The number of benzene rings is 1. The van der Waals surface area contributed by atoms with Gasteiger partial charge in [0.2, 0.25) is 0 Å². The quantitative estimate of drug-likeness (QED) is 0.323. The minimum Gasteiger partial charge on any atom is -0.481 e. The van der Waals surface area contributed by atoms with Gasteiger partial charge in [0, 0.05) is 25.7 Å². The topological polar surface area (TPSA) is 102 Å². The predicted molar refractivity (Wildman–Crippen MR) is 90.9 cm³/mol. The summed E-state index contributed by atoms with van der Waals surface area (Å²) < 4.78 is 12.8. The molecule has 0 heterocycles. The van der Waals surface area contributed by atoms with E-state index in [1.807, 2.05) is 6.07 Å². The van der Waals surface area contributed by atoms with E-state index in [1.165, 1.54) is 18.3 Å².